The predicted octanol–water partition coefficient (Wildman–Crippen LogP) is 1.54. The lowest BCUT2D eigenvalue weighted by atomic mass is 9.93. The number of hydrogen-bond donors (Lipinski definition) is 1. The lowest BCUT2D eigenvalue weighted by Crippen LogP contribution is -2.51. The lowest BCUT2D eigenvalue weighted by Gasteiger charge is -2.35. The molecule has 1 aromatic carbocycles. The number of aryl methyl sites for hydroxylation is 1. The third kappa shape index (κ3) is 4.41. The van der Waals surface area contributed by atoms with Gasteiger partial charge in [-0.2, -0.15) is 4.31 Å². The van der Waals surface area contributed by atoms with E-state index in [1.807, 2.05) is 37.3 Å². The molecule has 1 unspecified atom stereocenters. The molecule has 1 fully saturated rings. The first kappa shape index (κ1) is 22.0. The summed E-state index contributed by atoms with van der Waals surface area (Å²) in [7, 11) is -2.19. The van der Waals surface area contributed by atoms with Gasteiger partial charge >= 0.3 is 0 Å². The summed E-state index contributed by atoms with van der Waals surface area (Å²) in [4.78, 5) is 26.4. The van der Waals surface area contributed by atoms with Gasteiger partial charge in [-0.3, -0.25) is 9.59 Å². The van der Waals surface area contributed by atoms with E-state index in [1.165, 1.54) is 21.1 Å². The van der Waals surface area contributed by atoms with Crippen LogP contribution in [0.4, 0.5) is 0 Å². The van der Waals surface area contributed by atoms with Gasteiger partial charge in [0.25, 0.3) is 5.91 Å². The molecule has 0 spiro atoms. The summed E-state index contributed by atoms with van der Waals surface area (Å²) in [6.45, 7) is 3.14. The van der Waals surface area contributed by atoms with E-state index in [0.717, 1.165) is 18.4 Å². The quantitative estimate of drug-likeness (QED) is 0.716. The number of carbonyl (C=O) groups is 2. The minimum atomic E-state index is -3.76. The highest BCUT2D eigenvalue weighted by Gasteiger charge is 2.33. The van der Waals surface area contributed by atoms with Crippen LogP contribution < -0.4 is 5.73 Å². The van der Waals surface area contributed by atoms with Crippen molar-refractivity contribution >= 4 is 21.8 Å². The molecule has 2 amide bonds. The van der Waals surface area contributed by atoms with Crippen LogP contribution in [-0.4, -0.2) is 60.2 Å². The van der Waals surface area contributed by atoms with Gasteiger partial charge in [0.15, 0.2) is 0 Å². The van der Waals surface area contributed by atoms with Gasteiger partial charge in [0.05, 0.1) is 5.92 Å². The molecular weight excluding hydrogens is 404 g/mol. The molecule has 0 radical (unpaired) electrons. The molecule has 3 rings (SSSR count). The molecule has 1 aliphatic rings. The minimum absolute atomic E-state index is 0.0340. The van der Waals surface area contributed by atoms with E-state index in [-0.39, 0.29) is 35.5 Å². The zero-order chi connectivity index (χ0) is 21.9. The Kier molecular flexibility index (Phi) is 6.62. The highest BCUT2D eigenvalue weighted by Crippen LogP contribution is 2.26. The van der Waals surface area contributed by atoms with Crippen molar-refractivity contribution in [3.63, 3.8) is 0 Å². The maximum Gasteiger partial charge on any atom is 0.265 e. The second-order valence-electron chi connectivity index (χ2n) is 7.52. The Morgan fingerprint density at radius 3 is 2.27 bits per heavy atom. The van der Waals surface area contributed by atoms with E-state index in [0.29, 0.717) is 13.1 Å². The molecule has 30 heavy (non-hydrogen) atoms. The molecule has 0 bridgehead atoms. The van der Waals surface area contributed by atoms with Crippen LogP contribution in [0.1, 0.15) is 41.7 Å². The van der Waals surface area contributed by atoms with Gasteiger partial charge < -0.3 is 15.2 Å². The van der Waals surface area contributed by atoms with Crippen molar-refractivity contribution in [2.24, 2.45) is 12.8 Å². The molecule has 8 nitrogen and oxygen atoms in total. The van der Waals surface area contributed by atoms with Gasteiger partial charge in [0.2, 0.25) is 15.9 Å². The van der Waals surface area contributed by atoms with Crippen LogP contribution in [0.25, 0.3) is 0 Å². The average Bonchev–Trinajstić information content (AvgIpc) is 3.15. The SMILES string of the molecule is CCCC(C(=O)N1CCN(S(=O)(=O)c2cc(C(N)=O)n(C)c2)CC1)c1ccccc1. The number of aromatic nitrogens is 1. The molecule has 1 saturated heterocycles. The number of amides is 2. The number of carbonyl (C=O) groups excluding carboxylic acids is 2. The van der Waals surface area contributed by atoms with Crippen LogP contribution >= 0.6 is 0 Å². The summed E-state index contributed by atoms with van der Waals surface area (Å²) in [6, 6.07) is 11.0. The number of piperazine rings is 1. The van der Waals surface area contributed by atoms with Crippen molar-refractivity contribution in [1.29, 1.82) is 0 Å². The van der Waals surface area contributed by atoms with E-state index < -0.39 is 15.9 Å². The smallest absolute Gasteiger partial charge is 0.265 e. The van der Waals surface area contributed by atoms with Crippen molar-refractivity contribution in [1.82, 2.24) is 13.8 Å². The first-order chi connectivity index (χ1) is 14.3. The molecule has 2 heterocycles. The fraction of sp³-hybridized carbons (Fsp3) is 0.429. The Morgan fingerprint density at radius 2 is 1.73 bits per heavy atom. The second-order valence-corrected chi connectivity index (χ2v) is 9.46. The van der Waals surface area contributed by atoms with E-state index in [9.17, 15) is 18.0 Å². The first-order valence-corrected chi connectivity index (χ1v) is 11.5. The van der Waals surface area contributed by atoms with E-state index in [2.05, 4.69) is 0 Å². The first-order valence-electron chi connectivity index (χ1n) is 10.1. The molecule has 162 valence electrons. The summed E-state index contributed by atoms with van der Waals surface area (Å²) < 4.78 is 28.7. The van der Waals surface area contributed by atoms with Crippen molar-refractivity contribution in [3.8, 4) is 0 Å². The van der Waals surface area contributed by atoms with Gasteiger partial charge in [-0.15, -0.1) is 0 Å². The van der Waals surface area contributed by atoms with E-state index in [1.54, 1.807) is 11.9 Å². The Balaban J connectivity index is 1.71. The second kappa shape index (κ2) is 9.01. The predicted molar refractivity (Wildman–Crippen MR) is 113 cm³/mol. The van der Waals surface area contributed by atoms with Gasteiger partial charge in [-0.05, 0) is 18.1 Å². The van der Waals surface area contributed by atoms with Crippen molar-refractivity contribution < 1.29 is 18.0 Å². The number of nitrogens with two attached hydrogens (primary N) is 1. The number of rotatable bonds is 7. The fourth-order valence-corrected chi connectivity index (χ4v) is 5.34. The Bertz CT molecular complexity index is 1010. The van der Waals surface area contributed by atoms with Crippen LogP contribution in [0.3, 0.4) is 0 Å². The number of sulfonamides is 1. The summed E-state index contributed by atoms with van der Waals surface area (Å²) in [5, 5.41) is 0. The number of nitrogens with zero attached hydrogens (tertiary/aromatic N) is 3. The topological polar surface area (TPSA) is 106 Å². The maximum atomic E-state index is 13.1. The minimum Gasteiger partial charge on any atom is -0.364 e. The van der Waals surface area contributed by atoms with Crippen LogP contribution in [0, 0.1) is 0 Å². The molecule has 0 aliphatic carbocycles. The molecule has 1 aliphatic heterocycles. The highest BCUT2D eigenvalue weighted by atomic mass is 32.2. The molecule has 0 saturated carbocycles. The summed E-state index contributed by atoms with van der Waals surface area (Å²) >= 11 is 0. The molecular formula is C21H28N4O4S. The normalized spacial score (nSPS) is 16.4. The van der Waals surface area contributed by atoms with Crippen molar-refractivity contribution in [2.45, 2.75) is 30.6 Å². The Hall–Kier alpha value is -2.65. The monoisotopic (exact) mass is 432 g/mol. The summed E-state index contributed by atoms with van der Waals surface area (Å²) in [6.07, 6.45) is 3.02. The number of hydrogen-bond acceptors (Lipinski definition) is 4. The van der Waals surface area contributed by atoms with E-state index in [4.69, 9.17) is 5.73 Å². The Morgan fingerprint density at radius 1 is 1.10 bits per heavy atom. The van der Waals surface area contributed by atoms with Crippen LogP contribution in [0.2, 0.25) is 0 Å². The number of benzene rings is 1. The largest absolute Gasteiger partial charge is 0.364 e. The van der Waals surface area contributed by atoms with Gasteiger partial charge in [-0.25, -0.2) is 8.42 Å². The zero-order valence-electron chi connectivity index (χ0n) is 17.3. The van der Waals surface area contributed by atoms with Gasteiger partial charge in [0.1, 0.15) is 10.6 Å². The van der Waals surface area contributed by atoms with Crippen LogP contribution in [-0.2, 0) is 21.9 Å². The van der Waals surface area contributed by atoms with Crippen LogP contribution in [0.15, 0.2) is 47.5 Å². The van der Waals surface area contributed by atoms with Gasteiger partial charge in [0, 0.05) is 39.4 Å². The molecule has 1 aromatic heterocycles. The van der Waals surface area contributed by atoms with Gasteiger partial charge in [-0.1, -0.05) is 43.7 Å². The van der Waals surface area contributed by atoms with Crippen LogP contribution in [0.5, 0.6) is 0 Å². The third-order valence-corrected chi connectivity index (χ3v) is 7.36. The maximum absolute atomic E-state index is 13.1. The lowest BCUT2D eigenvalue weighted by molar-refractivity contribution is -0.134. The third-order valence-electron chi connectivity index (χ3n) is 5.50. The Labute approximate surface area is 177 Å². The summed E-state index contributed by atoms with van der Waals surface area (Å²) in [5.41, 5.74) is 6.41. The average molecular weight is 433 g/mol. The summed E-state index contributed by atoms with van der Waals surface area (Å²) in [5.74, 6) is -0.861. The molecule has 2 aromatic rings. The molecule has 2 N–H and O–H groups in total. The molecule has 9 heteroatoms. The molecule has 1 atom stereocenters. The van der Waals surface area contributed by atoms with E-state index >= 15 is 0 Å². The fourth-order valence-electron chi connectivity index (χ4n) is 3.85. The zero-order valence-corrected chi connectivity index (χ0v) is 18.1. The number of primary amides is 1. The van der Waals surface area contributed by atoms with Crippen molar-refractivity contribution in [3.05, 3.63) is 53.9 Å². The van der Waals surface area contributed by atoms with Crippen molar-refractivity contribution in [2.75, 3.05) is 26.2 Å². The highest BCUT2D eigenvalue weighted by molar-refractivity contribution is 7.89. The standard InChI is InChI=1S/C21H28N4O4S/c1-3-7-18(16-8-5-4-6-9-16)21(27)24-10-12-25(13-11-24)30(28,29)17-14-19(20(22)26)23(2)15-17/h4-6,8-9,14-15,18H,3,7,10-13H2,1-2H3,(H2,22,26).